The Kier molecular flexibility index (Phi) is 5.12. The molecule has 0 spiro atoms. The lowest BCUT2D eigenvalue weighted by Gasteiger charge is -2.35. The number of piperazine rings is 1. The van der Waals surface area contributed by atoms with E-state index in [0.717, 1.165) is 12.0 Å². The molecule has 2 saturated heterocycles. The van der Waals surface area contributed by atoms with Crippen molar-refractivity contribution in [2.75, 3.05) is 18.4 Å². The van der Waals surface area contributed by atoms with Crippen LogP contribution in [-0.2, 0) is 9.59 Å². The average Bonchev–Trinajstić information content (AvgIpc) is 3.52. The number of anilines is 1. The van der Waals surface area contributed by atoms with E-state index < -0.39 is 24.0 Å². The minimum Gasteiger partial charge on any atom is -0.323 e. The van der Waals surface area contributed by atoms with Gasteiger partial charge in [0.2, 0.25) is 5.91 Å². The molecular formula is C22H20Cl2N4O3. The Bertz CT molecular complexity index is 1060. The predicted octanol–water partition coefficient (Wildman–Crippen LogP) is 3.09. The van der Waals surface area contributed by atoms with E-state index >= 15 is 0 Å². The molecule has 1 aliphatic carbocycles. The molecule has 2 aromatic rings. The molecule has 0 radical (unpaired) electrons. The maximum Gasteiger partial charge on any atom is 0.328 e. The third-order valence-electron chi connectivity index (χ3n) is 6.12. The van der Waals surface area contributed by atoms with Crippen molar-refractivity contribution < 1.29 is 14.4 Å². The van der Waals surface area contributed by atoms with Crippen LogP contribution in [0.15, 0.2) is 48.5 Å². The highest BCUT2D eigenvalue weighted by atomic mass is 35.5. The molecule has 3 fully saturated rings. The van der Waals surface area contributed by atoms with Crippen molar-refractivity contribution in [3.05, 3.63) is 64.1 Å². The summed E-state index contributed by atoms with van der Waals surface area (Å²) in [6.45, 7) is 0.575. The zero-order valence-electron chi connectivity index (χ0n) is 16.4. The summed E-state index contributed by atoms with van der Waals surface area (Å²) in [5, 5.41) is 6.40. The van der Waals surface area contributed by atoms with Gasteiger partial charge in [-0.05, 0) is 24.1 Å². The van der Waals surface area contributed by atoms with Crippen LogP contribution in [0.1, 0.15) is 17.9 Å². The van der Waals surface area contributed by atoms with Crippen LogP contribution in [-0.4, -0.2) is 58.9 Å². The second kappa shape index (κ2) is 7.82. The fourth-order valence-corrected chi connectivity index (χ4v) is 4.84. The molecule has 5 rings (SSSR count). The van der Waals surface area contributed by atoms with E-state index in [4.69, 9.17) is 23.2 Å². The van der Waals surface area contributed by atoms with Crippen molar-refractivity contribution in [2.24, 2.45) is 0 Å². The first-order valence-electron chi connectivity index (χ1n) is 10.1. The van der Waals surface area contributed by atoms with Crippen LogP contribution >= 0.6 is 23.2 Å². The molecule has 4 unspecified atom stereocenters. The maximum absolute atomic E-state index is 13.3. The summed E-state index contributed by atoms with van der Waals surface area (Å²) in [5.74, 6) is -0.528. The van der Waals surface area contributed by atoms with E-state index in [2.05, 4.69) is 10.6 Å². The summed E-state index contributed by atoms with van der Waals surface area (Å²) in [4.78, 5) is 42.1. The van der Waals surface area contributed by atoms with E-state index in [1.54, 1.807) is 18.2 Å². The van der Waals surface area contributed by atoms with Crippen LogP contribution in [0.4, 0.5) is 10.5 Å². The maximum atomic E-state index is 13.3. The van der Waals surface area contributed by atoms with Gasteiger partial charge in [0.25, 0.3) is 5.91 Å². The number of fused-ring (bicyclic) bond motifs is 1. The number of imide groups is 1. The van der Waals surface area contributed by atoms with Crippen molar-refractivity contribution in [2.45, 2.75) is 30.5 Å². The number of rotatable bonds is 4. The largest absolute Gasteiger partial charge is 0.328 e. The van der Waals surface area contributed by atoms with Gasteiger partial charge in [0.1, 0.15) is 12.1 Å². The Morgan fingerprint density at radius 3 is 2.58 bits per heavy atom. The first kappa shape index (κ1) is 20.3. The Morgan fingerprint density at radius 1 is 1.03 bits per heavy atom. The molecule has 31 heavy (non-hydrogen) atoms. The van der Waals surface area contributed by atoms with Gasteiger partial charge in [0.15, 0.2) is 0 Å². The molecule has 2 N–H and O–H groups in total. The van der Waals surface area contributed by atoms with Gasteiger partial charge in [-0.15, -0.1) is 0 Å². The summed E-state index contributed by atoms with van der Waals surface area (Å²) in [5.41, 5.74) is 1.48. The summed E-state index contributed by atoms with van der Waals surface area (Å²) in [7, 11) is 0. The predicted molar refractivity (Wildman–Crippen MR) is 117 cm³/mol. The number of hydrogen-bond acceptors (Lipinski definition) is 4. The Morgan fingerprint density at radius 2 is 1.81 bits per heavy atom. The Balaban J connectivity index is 1.35. The van der Waals surface area contributed by atoms with Crippen LogP contribution in [0.25, 0.3) is 0 Å². The molecule has 1 saturated carbocycles. The number of benzene rings is 2. The number of urea groups is 1. The number of hydrogen-bond donors (Lipinski definition) is 2. The van der Waals surface area contributed by atoms with Crippen molar-refractivity contribution in [1.82, 2.24) is 15.1 Å². The van der Waals surface area contributed by atoms with E-state index in [1.165, 1.54) is 9.80 Å². The van der Waals surface area contributed by atoms with E-state index in [0.29, 0.717) is 17.3 Å². The van der Waals surface area contributed by atoms with Gasteiger partial charge >= 0.3 is 6.03 Å². The molecule has 2 aliphatic heterocycles. The highest BCUT2D eigenvalue weighted by molar-refractivity contribution is 6.44. The van der Waals surface area contributed by atoms with Crippen LogP contribution in [0.3, 0.4) is 0 Å². The van der Waals surface area contributed by atoms with Crippen LogP contribution in [0.5, 0.6) is 0 Å². The molecule has 7 nitrogen and oxygen atoms in total. The molecule has 160 valence electrons. The van der Waals surface area contributed by atoms with Crippen LogP contribution in [0.2, 0.25) is 10.0 Å². The van der Waals surface area contributed by atoms with Crippen molar-refractivity contribution in [3.63, 3.8) is 0 Å². The molecule has 0 aromatic heterocycles. The minimum absolute atomic E-state index is 0.140. The quantitative estimate of drug-likeness (QED) is 0.689. The molecule has 9 heteroatoms. The summed E-state index contributed by atoms with van der Waals surface area (Å²) in [6.07, 6.45) is 0.741. The topological polar surface area (TPSA) is 81.8 Å². The van der Waals surface area contributed by atoms with E-state index in [9.17, 15) is 14.4 Å². The van der Waals surface area contributed by atoms with Crippen molar-refractivity contribution in [1.29, 1.82) is 0 Å². The second-order valence-corrected chi connectivity index (χ2v) is 8.78. The number of carbonyl (C=O) groups excluding carboxylic acids is 3. The van der Waals surface area contributed by atoms with Gasteiger partial charge < -0.3 is 10.6 Å². The molecule has 4 atom stereocenters. The lowest BCUT2D eigenvalue weighted by molar-refractivity contribution is -0.130. The fraction of sp³-hybridized carbons (Fsp3) is 0.318. The Labute approximate surface area is 189 Å². The molecule has 2 heterocycles. The van der Waals surface area contributed by atoms with Gasteiger partial charge in [-0.25, -0.2) is 4.79 Å². The Hall–Kier alpha value is -2.61. The lowest BCUT2D eigenvalue weighted by atomic mass is 10.1. The van der Waals surface area contributed by atoms with E-state index in [-0.39, 0.29) is 29.4 Å². The average molecular weight is 459 g/mol. The minimum atomic E-state index is -0.829. The number of nitrogens with one attached hydrogen (secondary N) is 2. The van der Waals surface area contributed by atoms with Gasteiger partial charge in [-0.3, -0.25) is 19.4 Å². The first-order valence-corrected chi connectivity index (χ1v) is 10.9. The second-order valence-electron chi connectivity index (χ2n) is 8.00. The van der Waals surface area contributed by atoms with Gasteiger partial charge in [-0.1, -0.05) is 59.6 Å². The third-order valence-corrected chi connectivity index (χ3v) is 6.94. The van der Waals surface area contributed by atoms with E-state index in [1.807, 2.05) is 30.3 Å². The third kappa shape index (κ3) is 3.46. The summed E-state index contributed by atoms with van der Waals surface area (Å²) < 4.78 is 0. The first-order chi connectivity index (χ1) is 15.0. The molecule has 3 aliphatic rings. The number of halogens is 2. The van der Waals surface area contributed by atoms with Gasteiger partial charge in [-0.2, -0.15) is 0 Å². The lowest BCUT2D eigenvalue weighted by Crippen LogP contribution is -2.61. The molecular weight excluding hydrogens is 439 g/mol. The zero-order chi connectivity index (χ0) is 21.7. The van der Waals surface area contributed by atoms with Crippen molar-refractivity contribution >= 4 is 46.7 Å². The smallest absolute Gasteiger partial charge is 0.323 e. The van der Waals surface area contributed by atoms with Crippen LogP contribution < -0.4 is 10.6 Å². The number of nitrogens with zero attached hydrogens (tertiary/aromatic N) is 2. The molecule has 4 amide bonds. The van der Waals surface area contributed by atoms with Crippen LogP contribution in [0, 0.1) is 0 Å². The summed E-state index contributed by atoms with van der Waals surface area (Å²) >= 11 is 12.2. The van der Waals surface area contributed by atoms with Gasteiger partial charge in [0, 0.05) is 25.0 Å². The SMILES string of the molecule is O=C(Nc1cccc(Cl)c1Cl)C1CNCC2C(=O)N(C3CC3c3ccccc3)C(=O)N12. The zero-order valence-corrected chi connectivity index (χ0v) is 17.9. The highest BCUT2D eigenvalue weighted by Crippen LogP contribution is 2.47. The molecule has 2 aromatic carbocycles. The number of carbonyl (C=O) groups is 3. The number of amides is 4. The normalized spacial score (nSPS) is 27.3. The highest BCUT2D eigenvalue weighted by Gasteiger charge is 2.58. The standard InChI is InChI=1S/C22H20Cl2N4O3/c23-14-7-4-8-15(19(14)24)26-20(29)17-10-25-11-18-21(30)28(22(31)27(17)18)16-9-13(16)12-5-2-1-3-6-12/h1-8,13,16-18,25H,9-11H2,(H,26,29). The summed E-state index contributed by atoms with van der Waals surface area (Å²) in [6, 6.07) is 12.7. The van der Waals surface area contributed by atoms with Crippen molar-refractivity contribution in [3.8, 4) is 0 Å². The monoisotopic (exact) mass is 458 g/mol. The fourth-order valence-electron chi connectivity index (χ4n) is 4.49. The molecule has 0 bridgehead atoms. The van der Waals surface area contributed by atoms with Gasteiger partial charge in [0.05, 0.1) is 15.7 Å².